The number of hydrogen-bond donors (Lipinski definition) is 1. The number of thioether (sulfide) groups is 1. The molecule has 4 nitrogen and oxygen atoms in total. The minimum Gasteiger partial charge on any atom is -0.344 e. The molecule has 20 heavy (non-hydrogen) atoms. The van der Waals surface area contributed by atoms with E-state index < -0.39 is 0 Å². The molecule has 2 heterocycles. The molecule has 0 aliphatic rings. The second-order valence-corrected chi connectivity index (χ2v) is 6.04. The van der Waals surface area contributed by atoms with Crippen molar-refractivity contribution in [3.63, 3.8) is 0 Å². The Kier molecular flexibility index (Phi) is 5.55. The van der Waals surface area contributed by atoms with Crippen LogP contribution in [0.1, 0.15) is 41.0 Å². The van der Waals surface area contributed by atoms with Crippen molar-refractivity contribution in [2.75, 3.05) is 6.26 Å². The van der Waals surface area contributed by atoms with Crippen molar-refractivity contribution in [3.8, 4) is 0 Å². The van der Waals surface area contributed by atoms with Gasteiger partial charge >= 0.3 is 0 Å². The summed E-state index contributed by atoms with van der Waals surface area (Å²) >= 11 is 3.12. The van der Waals surface area contributed by atoms with Gasteiger partial charge in [0.1, 0.15) is 0 Å². The maximum absolute atomic E-state index is 12.2. The van der Waals surface area contributed by atoms with Crippen molar-refractivity contribution in [3.05, 3.63) is 40.3 Å². The van der Waals surface area contributed by atoms with E-state index in [4.69, 9.17) is 0 Å². The average Bonchev–Trinajstić information content (AvgIpc) is 3.01. The highest BCUT2D eigenvalue weighted by molar-refractivity contribution is 7.98. The first-order valence-electron chi connectivity index (χ1n) is 6.45. The van der Waals surface area contributed by atoms with Crippen LogP contribution in [0.4, 0.5) is 0 Å². The maximum atomic E-state index is 12.2. The van der Waals surface area contributed by atoms with E-state index in [0.29, 0.717) is 10.7 Å². The molecule has 106 valence electrons. The van der Waals surface area contributed by atoms with Gasteiger partial charge in [-0.1, -0.05) is 31.2 Å². The zero-order valence-corrected chi connectivity index (χ0v) is 13.1. The number of carbonyl (C=O) groups is 1. The van der Waals surface area contributed by atoms with E-state index in [-0.39, 0.29) is 11.9 Å². The Balaban J connectivity index is 2.07. The summed E-state index contributed by atoms with van der Waals surface area (Å²) in [6.45, 7) is 2.11. The van der Waals surface area contributed by atoms with Crippen LogP contribution in [0.2, 0.25) is 0 Å². The van der Waals surface area contributed by atoms with Crippen LogP contribution in [0.3, 0.4) is 0 Å². The Morgan fingerprint density at radius 3 is 2.75 bits per heavy atom. The summed E-state index contributed by atoms with van der Waals surface area (Å²) in [6, 6.07) is 4.12. The van der Waals surface area contributed by atoms with Gasteiger partial charge in [-0.15, -0.1) is 11.3 Å². The fraction of sp³-hybridized carbons (Fsp3) is 0.357. The van der Waals surface area contributed by atoms with Crippen molar-refractivity contribution in [1.29, 1.82) is 0 Å². The van der Waals surface area contributed by atoms with E-state index in [1.165, 1.54) is 16.6 Å². The van der Waals surface area contributed by atoms with Gasteiger partial charge in [-0.2, -0.15) is 0 Å². The van der Waals surface area contributed by atoms with Gasteiger partial charge in [-0.3, -0.25) is 4.79 Å². The van der Waals surface area contributed by atoms with Crippen molar-refractivity contribution >= 4 is 29.0 Å². The molecule has 2 aromatic heterocycles. The van der Waals surface area contributed by atoms with Gasteiger partial charge in [0.25, 0.3) is 5.91 Å². The monoisotopic (exact) mass is 307 g/mol. The summed E-state index contributed by atoms with van der Waals surface area (Å²) < 4.78 is 0. The second-order valence-electron chi connectivity index (χ2n) is 4.29. The van der Waals surface area contributed by atoms with Crippen molar-refractivity contribution in [2.45, 2.75) is 31.0 Å². The largest absolute Gasteiger partial charge is 0.344 e. The van der Waals surface area contributed by atoms with Crippen molar-refractivity contribution < 1.29 is 4.79 Å². The lowest BCUT2D eigenvalue weighted by Gasteiger charge is -2.16. The standard InChI is InChI=1S/C14H17N3OS2/c1-3-5-11(12-6-4-7-20-12)17-13(18)10-8-15-14(19-2)16-9-10/h4,6-9,11H,3,5H2,1-2H3,(H,17,18). The maximum Gasteiger partial charge on any atom is 0.254 e. The lowest BCUT2D eigenvalue weighted by Crippen LogP contribution is -2.28. The molecular weight excluding hydrogens is 290 g/mol. The van der Waals surface area contributed by atoms with Gasteiger partial charge in [0, 0.05) is 17.3 Å². The number of nitrogens with one attached hydrogen (secondary N) is 1. The zero-order valence-electron chi connectivity index (χ0n) is 11.5. The van der Waals surface area contributed by atoms with Crippen LogP contribution in [0.5, 0.6) is 0 Å². The van der Waals surface area contributed by atoms with E-state index in [1.54, 1.807) is 23.7 Å². The topological polar surface area (TPSA) is 54.9 Å². The van der Waals surface area contributed by atoms with Gasteiger partial charge in [0.05, 0.1) is 11.6 Å². The second kappa shape index (κ2) is 7.40. The van der Waals surface area contributed by atoms with Gasteiger partial charge in [-0.25, -0.2) is 9.97 Å². The molecule has 0 saturated carbocycles. The lowest BCUT2D eigenvalue weighted by molar-refractivity contribution is 0.0934. The third kappa shape index (κ3) is 3.80. The molecule has 0 radical (unpaired) electrons. The molecule has 0 aromatic carbocycles. The highest BCUT2D eigenvalue weighted by Crippen LogP contribution is 2.23. The summed E-state index contributed by atoms with van der Waals surface area (Å²) in [4.78, 5) is 21.7. The van der Waals surface area contributed by atoms with E-state index >= 15 is 0 Å². The lowest BCUT2D eigenvalue weighted by atomic mass is 10.1. The summed E-state index contributed by atoms with van der Waals surface area (Å²) in [7, 11) is 0. The first kappa shape index (κ1) is 15.0. The Bertz CT molecular complexity index is 540. The van der Waals surface area contributed by atoms with Crippen LogP contribution in [-0.4, -0.2) is 22.1 Å². The van der Waals surface area contributed by atoms with Crippen molar-refractivity contribution in [1.82, 2.24) is 15.3 Å². The van der Waals surface area contributed by atoms with E-state index in [1.807, 2.05) is 17.7 Å². The predicted octanol–water partition coefficient (Wildman–Crippen LogP) is 3.53. The van der Waals surface area contributed by atoms with Gasteiger partial charge in [-0.05, 0) is 24.1 Å². The molecule has 0 saturated heterocycles. The molecule has 6 heteroatoms. The normalized spacial score (nSPS) is 12.1. The van der Waals surface area contributed by atoms with Crippen molar-refractivity contribution in [2.24, 2.45) is 0 Å². The van der Waals surface area contributed by atoms with E-state index in [2.05, 4.69) is 28.3 Å². The Morgan fingerprint density at radius 1 is 1.45 bits per heavy atom. The highest BCUT2D eigenvalue weighted by Gasteiger charge is 2.16. The summed E-state index contributed by atoms with van der Waals surface area (Å²) in [5.41, 5.74) is 0.500. The Morgan fingerprint density at radius 2 is 2.20 bits per heavy atom. The van der Waals surface area contributed by atoms with E-state index in [9.17, 15) is 4.79 Å². The van der Waals surface area contributed by atoms with Gasteiger partial charge in [0.2, 0.25) is 0 Å². The van der Waals surface area contributed by atoms with Gasteiger partial charge < -0.3 is 5.32 Å². The fourth-order valence-electron chi connectivity index (χ4n) is 1.84. The molecule has 2 aromatic rings. The Labute approximate surface area is 127 Å². The summed E-state index contributed by atoms with van der Waals surface area (Å²) in [5.74, 6) is -0.121. The molecule has 0 fully saturated rings. The minimum atomic E-state index is -0.121. The minimum absolute atomic E-state index is 0.0627. The number of rotatable bonds is 6. The van der Waals surface area contributed by atoms with Crippen LogP contribution >= 0.6 is 23.1 Å². The van der Waals surface area contributed by atoms with Crippen LogP contribution < -0.4 is 5.32 Å². The van der Waals surface area contributed by atoms with Crippen LogP contribution in [-0.2, 0) is 0 Å². The predicted molar refractivity (Wildman–Crippen MR) is 83.2 cm³/mol. The first-order chi connectivity index (χ1) is 9.74. The smallest absolute Gasteiger partial charge is 0.254 e. The molecule has 0 aliphatic carbocycles. The number of thiophene rings is 1. The SMILES string of the molecule is CCCC(NC(=O)c1cnc(SC)nc1)c1cccs1. The average molecular weight is 307 g/mol. The zero-order chi connectivity index (χ0) is 14.4. The number of nitrogens with zero attached hydrogens (tertiary/aromatic N) is 2. The molecule has 0 spiro atoms. The fourth-order valence-corrected chi connectivity index (χ4v) is 2.97. The van der Waals surface area contributed by atoms with Gasteiger partial charge in [0.15, 0.2) is 5.16 Å². The number of amides is 1. The molecule has 1 atom stereocenters. The molecule has 1 amide bonds. The molecule has 1 N–H and O–H groups in total. The van der Waals surface area contributed by atoms with Crippen LogP contribution in [0.25, 0.3) is 0 Å². The molecule has 0 bridgehead atoms. The van der Waals surface area contributed by atoms with Crippen LogP contribution in [0.15, 0.2) is 35.1 Å². The molecule has 2 rings (SSSR count). The summed E-state index contributed by atoms with van der Waals surface area (Å²) in [6.07, 6.45) is 7.00. The van der Waals surface area contributed by atoms with Crippen LogP contribution in [0, 0.1) is 0 Å². The van der Waals surface area contributed by atoms with E-state index in [0.717, 1.165) is 12.8 Å². The number of carbonyl (C=O) groups excluding carboxylic acids is 1. The number of aromatic nitrogens is 2. The first-order valence-corrected chi connectivity index (χ1v) is 8.55. The molecular formula is C14H17N3OS2. The molecule has 1 unspecified atom stereocenters. The Hall–Kier alpha value is -1.40. The quantitative estimate of drug-likeness (QED) is 0.655. The third-order valence-electron chi connectivity index (χ3n) is 2.84. The third-order valence-corrected chi connectivity index (χ3v) is 4.40. The highest BCUT2D eigenvalue weighted by atomic mass is 32.2. The number of hydrogen-bond acceptors (Lipinski definition) is 5. The molecule has 0 aliphatic heterocycles. The summed E-state index contributed by atoms with van der Waals surface area (Å²) in [5, 5.41) is 5.76.